The van der Waals surface area contributed by atoms with Gasteiger partial charge in [0, 0.05) is 43.1 Å². The summed E-state index contributed by atoms with van der Waals surface area (Å²) in [6.07, 6.45) is 11.2. The normalized spacial score (nSPS) is 15.0. The second kappa shape index (κ2) is 18.6. The van der Waals surface area contributed by atoms with Gasteiger partial charge in [-0.05, 0) is 72.9 Å². The van der Waals surface area contributed by atoms with Gasteiger partial charge in [-0.25, -0.2) is 4.98 Å². The predicted molar refractivity (Wildman–Crippen MR) is 200 cm³/mol. The van der Waals surface area contributed by atoms with E-state index in [-0.39, 0.29) is 5.96 Å². The van der Waals surface area contributed by atoms with Gasteiger partial charge in [-0.3, -0.25) is 10.1 Å². The fourth-order valence-corrected chi connectivity index (χ4v) is 8.05. The molecule has 0 spiro atoms. The minimum absolute atomic E-state index is 0.00517. The van der Waals surface area contributed by atoms with E-state index in [1.807, 2.05) is 5.38 Å². The van der Waals surface area contributed by atoms with E-state index < -0.39 is 4.92 Å². The van der Waals surface area contributed by atoms with E-state index in [1.165, 1.54) is 58.4 Å². The molecule has 10 nitrogen and oxygen atoms in total. The number of unbranched alkanes of at least 4 members (excludes halogenated alkanes) is 4. The number of nitrogens with one attached hydrogen (secondary N) is 2. The van der Waals surface area contributed by atoms with Crippen molar-refractivity contribution in [2.45, 2.75) is 63.5 Å². The van der Waals surface area contributed by atoms with Gasteiger partial charge in [-0.15, -0.1) is 11.3 Å². The number of rotatable bonds is 17. The summed E-state index contributed by atoms with van der Waals surface area (Å²) in [4.78, 5) is 21.7. The van der Waals surface area contributed by atoms with Crippen molar-refractivity contribution in [3.05, 3.63) is 110 Å². The third kappa shape index (κ3) is 10.8. The number of piperidine rings is 1. The first-order valence-electron chi connectivity index (χ1n) is 17.0. The number of thioether (sulfide) groups is 1. The number of likely N-dealkylation sites (tertiary alicyclic amines) is 1. The Labute approximate surface area is 292 Å². The highest BCUT2D eigenvalue weighted by molar-refractivity contribution is 7.98. The Morgan fingerprint density at radius 1 is 0.938 bits per heavy atom. The molecule has 5 rings (SSSR count). The van der Waals surface area contributed by atoms with Crippen LogP contribution >= 0.6 is 23.1 Å². The molecule has 2 heterocycles. The quantitative estimate of drug-likeness (QED) is 0.0429. The number of fused-ring (bicyclic) bond motifs is 2. The molecule has 0 saturated carbocycles. The molecular weight excluding hydrogens is 641 g/mol. The van der Waals surface area contributed by atoms with E-state index in [0.717, 1.165) is 81.6 Å². The van der Waals surface area contributed by atoms with Gasteiger partial charge in [0.15, 0.2) is 11.8 Å². The van der Waals surface area contributed by atoms with Crippen molar-refractivity contribution in [2.24, 2.45) is 16.5 Å². The van der Waals surface area contributed by atoms with Crippen LogP contribution in [-0.2, 0) is 18.6 Å². The van der Waals surface area contributed by atoms with Gasteiger partial charge in [-0.2, -0.15) is 16.8 Å². The molecule has 1 aromatic heterocycles. The molecule has 0 amide bonds. The molecule has 0 bridgehead atoms. The number of aromatic nitrogens is 1. The summed E-state index contributed by atoms with van der Waals surface area (Å²) in [5.74, 6) is 1.96. The fraction of sp³-hybridized carbons (Fsp3) is 0.444. The molecule has 0 radical (unpaired) electrons. The lowest BCUT2D eigenvalue weighted by atomic mass is 9.86. The van der Waals surface area contributed by atoms with Gasteiger partial charge < -0.3 is 27.0 Å². The van der Waals surface area contributed by atoms with Crippen molar-refractivity contribution in [3.63, 3.8) is 0 Å². The molecule has 2 aromatic carbocycles. The van der Waals surface area contributed by atoms with Gasteiger partial charge in [0.25, 0.3) is 6.20 Å². The Morgan fingerprint density at radius 2 is 1.58 bits per heavy atom. The monoisotopic (exact) mass is 688 g/mol. The van der Waals surface area contributed by atoms with Crippen molar-refractivity contribution >= 4 is 39.8 Å². The summed E-state index contributed by atoms with van der Waals surface area (Å²) in [5, 5.41) is 20.0. The highest BCUT2D eigenvalue weighted by Crippen LogP contribution is 2.38. The average Bonchev–Trinajstić information content (AvgIpc) is 3.44. The molecule has 1 fully saturated rings. The SMILES string of the molecule is NC(N)=Nc1nc(CSCCN/C(=C\[N+](=O)[O-])NCCCCCCCN2CCC(=C3c4ccccc4CCc4ccccc43)CC2)cs1. The molecule has 1 aliphatic heterocycles. The zero-order valence-corrected chi connectivity index (χ0v) is 29.3. The van der Waals surface area contributed by atoms with E-state index in [0.29, 0.717) is 24.0 Å². The molecular formula is C36H48N8O2S2. The van der Waals surface area contributed by atoms with E-state index in [9.17, 15) is 10.1 Å². The van der Waals surface area contributed by atoms with E-state index >= 15 is 0 Å². The van der Waals surface area contributed by atoms with Crippen LogP contribution < -0.4 is 22.1 Å². The Morgan fingerprint density at radius 3 is 2.27 bits per heavy atom. The number of aryl methyl sites for hydroxylation is 2. The van der Waals surface area contributed by atoms with Crippen LogP contribution in [0.15, 0.2) is 76.5 Å². The van der Waals surface area contributed by atoms with Gasteiger partial charge in [-0.1, -0.05) is 73.4 Å². The molecule has 48 heavy (non-hydrogen) atoms. The molecule has 2 aliphatic rings. The van der Waals surface area contributed by atoms with E-state index in [1.54, 1.807) is 17.3 Å². The van der Waals surface area contributed by atoms with Gasteiger partial charge in [0.05, 0.1) is 10.6 Å². The first-order chi connectivity index (χ1) is 23.5. The molecule has 256 valence electrons. The topological polar surface area (TPSA) is 148 Å². The van der Waals surface area contributed by atoms with Crippen LogP contribution in [0.3, 0.4) is 0 Å². The van der Waals surface area contributed by atoms with Gasteiger partial charge >= 0.3 is 0 Å². The number of nitro groups is 1. The number of hydrogen-bond acceptors (Lipinski definition) is 9. The zero-order valence-electron chi connectivity index (χ0n) is 27.7. The lowest BCUT2D eigenvalue weighted by Crippen LogP contribution is -2.32. The van der Waals surface area contributed by atoms with Crippen molar-refractivity contribution in [2.75, 3.05) is 38.5 Å². The van der Waals surface area contributed by atoms with Gasteiger partial charge in [0.1, 0.15) is 0 Å². The number of nitrogens with two attached hydrogens (primary N) is 2. The first-order valence-corrected chi connectivity index (χ1v) is 19.1. The van der Waals surface area contributed by atoms with Crippen molar-refractivity contribution in [1.82, 2.24) is 20.5 Å². The van der Waals surface area contributed by atoms with Crippen LogP contribution in [0.2, 0.25) is 0 Å². The zero-order chi connectivity index (χ0) is 33.6. The minimum atomic E-state index is -0.419. The summed E-state index contributed by atoms with van der Waals surface area (Å²) in [5.41, 5.74) is 20.7. The maximum atomic E-state index is 11.1. The fourth-order valence-electron chi connectivity index (χ4n) is 6.49. The number of hydrogen-bond donors (Lipinski definition) is 4. The third-order valence-electron chi connectivity index (χ3n) is 8.83. The summed E-state index contributed by atoms with van der Waals surface area (Å²) in [6, 6.07) is 18.0. The number of guanidine groups is 1. The highest BCUT2D eigenvalue weighted by Gasteiger charge is 2.23. The van der Waals surface area contributed by atoms with E-state index in [2.05, 4.69) is 74.0 Å². The summed E-state index contributed by atoms with van der Waals surface area (Å²) in [6.45, 7) is 4.75. The predicted octanol–water partition coefficient (Wildman–Crippen LogP) is 6.18. The summed E-state index contributed by atoms with van der Waals surface area (Å²) < 4.78 is 0. The van der Waals surface area contributed by atoms with Crippen LogP contribution in [0.25, 0.3) is 5.57 Å². The van der Waals surface area contributed by atoms with Crippen LogP contribution in [-0.4, -0.2) is 59.2 Å². The maximum Gasteiger partial charge on any atom is 0.274 e. The lowest BCUT2D eigenvalue weighted by Gasteiger charge is -2.30. The van der Waals surface area contributed by atoms with Crippen molar-refractivity contribution in [1.29, 1.82) is 0 Å². The third-order valence-corrected chi connectivity index (χ3v) is 10.6. The number of aliphatic imine (C=N–C) groups is 1. The minimum Gasteiger partial charge on any atom is -0.370 e. The van der Waals surface area contributed by atoms with Crippen LogP contribution in [0, 0.1) is 10.1 Å². The second-order valence-electron chi connectivity index (χ2n) is 12.3. The Hall–Kier alpha value is -3.87. The molecule has 3 aromatic rings. The molecule has 12 heteroatoms. The Balaban J connectivity index is 0.955. The first kappa shape index (κ1) is 35.4. The average molecular weight is 689 g/mol. The summed E-state index contributed by atoms with van der Waals surface area (Å²) in [7, 11) is 0. The Kier molecular flexibility index (Phi) is 13.7. The second-order valence-corrected chi connectivity index (χ2v) is 14.2. The van der Waals surface area contributed by atoms with Gasteiger partial charge in [0.2, 0.25) is 5.13 Å². The van der Waals surface area contributed by atoms with Crippen LogP contribution in [0.1, 0.15) is 72.9 Å². The number of benzene rings is 2. The Bertz CT molecular complexity index is 1540. The molecule has 1 saturated heterocycles. The molecule has 0 unspecified atom stereocenters. The smallest absolute Gasteiger partial charge is 0.274 e. The van der Waals surface area contributed by atoms with Crippen molar-refractivity contribution in [3.8, 4) is 0 Å². The van der Waals surface area contributed by atoms with E-state index in [4.69, 9.17) is 11.5 Å². The standard InChI is InChI=1S/C36H48N8O2S2/c37-35(38)42-36-41-30(26-48-36)25-47-23-19-40-33(24-44(45)46)39-18-8-2-1-3-9-20-43-21-16-29(17-22-43)34-31-12-6-4-10-27(31)14-15-28-11-5-7-13-32(28)34/h4-7,10-13,24,26,39-40H,1-3,8-9,14-23,25H2,(H4,37,38,41,42)/b33-24-. The maximum absolute atomic E-state index is 11.1. The summed E-state index contributed by atoms with van der Waals surface area (Å²) >= 11 is 3.08. The highest BCUT2D eigenvalue weighted by atomic mass is 32.2. The molecule has 0 atom stereocenters. The number of thiazole rings is 1. The van der Waals surface area contributed by atoms with Crippen LogP contribution in [0.4, 0.5) is 5.13 Å². The van der Waals surface area contributed by atoms with Crippen LogP contribution in [0.5, 0.6) is 0 Å². The van der Waals surface area contributed by atoms with Crippen molar-refractivity contribution < 1.29 is 4.92 Å². The molecule has 1 aliphatic carbocycles. The lowest BCUT2D eigenvalue weighted by molar-refractivity contribution is -0.404. The molecule has 6 N–H and O–H groups in total. The largest absolute Gasteiger partial charge is 0.370 e. The number of nitrogens with zero attached hydrogens (tertiary/aromatic N) is 4.